The van der Waals surface area contributed by atoms with Crippen LogP contribution in [-0.4, -0.2) is 47.2 Å². The van der Waals surface area contributed by atoms with E-state index in [9.17, 15) is 4.79 Å². The average molecular weight is 214 g/mol. The van der Waals surface area contributed by atoms with E-state index in [4.69, 9.17) is 5.11 Å². The first kappa shape index (κ1) is 12.5. The highest BCUT2D eigenvalue weighted by molar-refractivity contribution is 5.67. The van der Waals surface area contributed by atoms with Gasteiger partial charge in [-0.1, -0.05) is 6.92 Å². The highest BCUT2D eigenvalue weighted by Crippen LogP contribution is 2.21. The van der Waals surface area contributed by atoms with E-state index < -0.39 is 5.97 Å². The molecule has 4 nitrogen and oxygen atoms in total. The van der Waals surface area contributed by atoms with Crippen LogP contribution in [0.4, 0.5) is 0 Å². The molecule has 4 heteroatoms. The van der Waals surface area contributed by atoms with E-state index in [-0.39, 0.29) is 18.0 Å². The lowest BCUT2D eigenvalue weighted by atomic mass is 9.98. The molecule has 0 aliphatic carbocycles. The molecule has 1 rings (SSSR count). The van der Waals surface area contributed by atoms with E-state index in [2.05, 4.69) is 31.0 Å². The first-order chi connectivity index (χ1) is 6.95. The molecule has 0 saturated carbocycles. The van der Waals surface area contributed by atoms with Gasteiger partial charge in [-0.05, 0) is 33.4 Å². The van der Waals surface area contributed by atoms with Crippen molar-refractivity contribution in [3.63, 3.8) is 0 Å². The Balaban J connectivity index is 2.63. The molecule has 1 unspecified atom stereocenters. The maximum atomic E-state index is 10.7. The lowest BCUT2D eigenvalue weighted by Crippen LogP contribution is -2.46. The van der Waals surface area contributed by atoms with Crippen molar-refractivity contribution in [2.75, 3.05) is 19.6 Å². The van der Waals surface area contributed by atoms with Gasteiger partial charge in [-0.2, -0.15) is 0 Å². The van der Waals surface area contributed by atoms with Crippen LogP contribution in [-0.2, 0) is 4.79 Å². The average Bonchev–Trinajstić information content (AvgIpc) is 2.24. The summed E-state index contributed by atoms with van der Waals surface area (Å²) in [6, 6.07) is 0.0872. The van der Waals surface area contributed by atoms with Crippen LogP contribution in [0, 0.1) is 0 Å². The van der Waals surface area contributed by atoms with Gasteiger partial charge < -0.3 is 10.4 Å². The van der Waals surface area contributed by atoms with Gasteiger partial charge in [0.25, 0.3) is 0 Å². The third-order valence-electron chi connectivity index (χ3n) is 3.27. The highest BCUT2D eigenvalue weighted by Gasteiger charge is 2.30. The van der Waals surface area contributed by atoms with Crippen LogP contribution in [0.2, 0.25) is 0 Å². The van der Waals surface area contributed by atoms with Crippen molar-refractivity contribution >= 4 is 5.97 Å². The Morgan fingerprint density at radius 2 is 2.27 bits per heavy atom. The van der Waals surface area contributed by atoms with E-state index in [1.807, 2.05) is 0 Å². The summed E-state index contributed by atoms with van der Waals surface area (Å²) in [7, 11) is 0. The topological polar surface area (TPSA) is 52.6 Å². The second-order valence-corrected chi connectivity index (χ2v) is 4.85. The van der Waals surface area contributed by atoms with Crippen molar-refractivity contribution in [1.82, 2.24) is 10.2 Å². The predicted molar refractivity (Wildman–Crippen MR) is 60.0 cm³/mol. The van der Waals surface area contributed by atoms with Crippen LogP contribution in [0.3, 0.4) is 0 Å². The minimum atomic E-state index is -0.719. The molecule has 1 atom stereocenters. The molecule has 0 radical (unpaired) electrons. The van der Waals surface area contributed by atoms with Crippen molar-refractivity contribution in [2.24, 2.45) is 0 Å². The van der Waals surface area contributed by atoms with Gasteiger partial charge in [0.1, 0.15) is 0 Å². The van der Waals surface area contributed by atoms with Crippen molar-refractivity contribution in [3.05, 3.63) is 0 Å². The Labute approximate surface area is 91.6 Å². The summed E-state index contributed by atoms with van der Waals surface area (Å²) in [6.45, 7) is 9.29. The quantitative estimate of drug-likeness (QED) is 0.733. The maximum absolute atomic E-state index is 10.7. The third-order valence-corrected chi connectivity index (χ3v) is 3.27. The Morgan fingerprint density at radius 1 is 1.60 bits per heavy atom. The molecule has 2 N–H and O–H groups in total. The predicted octanol–water partition coefficient (Wildman–Crippen LogP) is 0.923. The molecule has 88 valence electrons. The van der Waals surface area contributed by atoms with Gasteiger partial charge >= 0.3 is 5.97 Å². The van der Waals surface area contributed by atoms with E-state index in [1.165, 1.54) is 0 Å². The molecule has 0 aromatic rings. The SMILES string of the molecule is CCN1CC(CC(=O)O)NCCC1(C)C. The number of aliphatic carboxylic acids is 1. The molecule has 1 fully saturated rings. The third kappa shape index (κ3) is 3.47. The molecule has 0 spiro atoms. The number of rotatable bonds is 3. The molecular weight excluding hydrogens is 192 g/mol. The zero-order valence-corrected chi connectivity index (χ0v) is 9.92. The van der Waals surface area contributed by atoms with Gasteiger partial charge in [-0.3, -0.25) is 9.69 Å². The lowest BCUT2D eigenvalue weighted by molar-refractivity contribution is -0.137. The number of hydrogen-bond acceptors (Lipinski definition) is 3. The van der Waals surface area contributed by atoms with E-state index >= 15 is 0 Å². The number of carbonyl (C=O) groups is 1. The van der Waals surface area contributed by atoms with Crippen LogP contribution in [0.15, 0.2) is 0 Å². The Morgan fingerprint density at radius 3 is 2.80 bits per heavy atom. The summed E-state index contributed by atoms with van der Waals surface area (Å²) in [5, 5.41) is 12.1. The standard InChI is InChI=1S/C11H22N2O2/c1-4-13-8-9(7-10(14)15)12-6-5-11(13,2)3/h9,12H,4-8H2,1-3H3,(H,14,15). The molecule has 15 heavy (non-hydrogen) atoms. The van der Waals surface area contributed by atoms with Crippen LogP contribution < -0.4 is 5.32 Å². The van der Waals surface area contributed by atoms with Crippen molar-refractivity contribution in [2.45, 2.75) is 45.2 Å². The minimum absolute atomic E-state index is 0.0872. The lowest BCUT2D eigenvalue weighted by Gasteiger charge is -2.36. The van der Waals surface area contributed by atoms with Gasteiger partial charge in [0, 0.05) is 18.1 Å². The van der Waals surface area contributed by atoms with Crippen molar-refractivity contribution < 1.29 is 9.90 Å². The Hall–Kier alpha value is -0.610. The first-order valence-electron chi connectivity index (χ1n) is 5.66. The number of carboxylic acids is 1. The second-order valence-electron chi connectivity index (χ2n) is 4.85. The fraction of sp³-hybridized carbons (Fsp3) is 0.909. The van der Waals surface area contributed by atoms with Gasteiger partial charge in [0.2, 0.25) is 0 Å². The number of nitrogens with zero attached hydrogens (tertiary/aromatic N) is 1. The van der Waals surface area contributed by atoms with Gasteiger partial charge in [0.15, 0.2) is 0 Å². The molecule has 1 heterocycles. The summed E-state index contributed by atoms with van der Waals surface area (Å²) in [4.78, 5) is 13.0. The summed E-state index contributed by atoms with van der Waals surface area (Å²) >= 11 is 0. The smallest absolute Gasteiger partial charge is 0.304 e. The van der Waals surface area contributed by atoms with Crippen LogP contribution >= 0.6 is 0 Å². The maximum Gasteiger partial charge on any atom is 0.304 e. The molecule has 1 aliphatic heterocycles. The molecule has 1 saturated heterocycles. The van der Waals surface area contributed by atoms with Gasteiger partial charge in [-0.15, -0.1) is 0 Å². The van der Waals surface area contributed by atoms with Crippen molar-refractivity contribution in [3.8, 4) is 0 Å². The molecule has 0 aromatic heterocycles. The zero-order chi connectivity index (χ0) is 11.5. The molecule has 0 bridgehead atoms. The number of nitrogens with one attached hydrogen (secondary N) is 1. The van der Waals surface area contributed by atoms with Crippen LogP contribution in [0.5, 0.6) is 0 Å². The summed E-state index contributed by atoms with van der Waals surface area (Å²) in [5.41, 5.74) is 0.176. The minimum Gasteiger partial charge on any atom is -0.481 e. The summed E-state index contributed by atoms with van der Waals surface area (Å²) < 4.78 is 0. The second kappa shape index (κ2) is 4.94. The molecule has 0 aromatic carbocycles. The molecule has 0 amide bonds. The zero-order valence-electron chi connectivity index (χ0n) is 9.92. The van der Waals surface area contributed by atoms with E-state index in [0.717, 1.165) is 26.1 Å². The van der Waals surface area contributed by atoms with Gasteiger partial charge in [0.05, 0.1) is 6.42 Å². The first-order valence-corrected chi connectivity index (χ1v) is 5.66. The van der Waals surface area contributed by atoms with Crippen molar-refractivity contribution in [1.29, 1.82) is 0 Å². The summed E-state index contributed by atoms with van der Waals surface area (Å²) in [5.74, 6) is -0.719. The number of likely N-dealkylation sites (N-methyl/N-ethyl adjacent to an activating group) is 1. The molecule has 1 aliphatic rings. The van der Waals surface area contributed by atoms with Gasteiger partial charge in [-0.25, -0.2) is 0 Å². The Kier molecular flexibility index (Phi) is 4.11. The fourth-order valence-corrected chi connectivity index (χ4v) is 2.22. The highest BCUT2D eigenvalue weighted by atomic mass is 16.4. The molecular formula is C11H22N2O2. The van der Waals surface area contributed by atoms with E-state index in [0.29, 0.717) is 0 Å². The summed E-state index contributed by atoms with van der Waals surface area (Å²) in [6.07, 6.45) is 1.28. The monoisotopic (exact) mass is 214 g/mol. The van der Waals surface area contributed by atoms with Crippen LogP contribution in [0.25, 0.3) is 0 Å². The Bertz CT molecular complexity index is 229. The normalized spacial score (nSPS) is 27.3. The number of carboxylic acid groups (broad SMARTS) is 1. The number of hydrogen-bond donors (Lipinski definition) is 2. The largest absolute Gasteiger partial charge is 0.481 e. The van der Waals surface area contributed by atoms with E-state index in [1.54, 1.807) is 0 Å². The van der Waals surface area contributed by atoms with Crippen LogP contribution in [0.1, 0.15) is 33.6 Å². The fourth-order valence-electron chi connectivity index (χ4n) is 2.22.